The van der Waals surface area contributed by atoms with E-state index < -0.39 is 10.0 Å². The first kappa shape index (κ1) is 21.4. The van der Waals surface area contributed by atoms with Gasteiger partial charge in [-0.3, -0.25) is 9.59 Å². The summed E-state index contributed by atoms with van der Waals surface area (Å²) in [7, 11) is -1.56. The Bertz CT molecular complexity index is 779. The lowest BCUT2D eigenvalue weighted by molar-refractivity contribution is -0.128. The van der Waals surface area contributed by atoms with Crippen molar-refractivity contribution in [3.63, 3.8) is 0 Å². The van der Waals surface area contributed by atoms with Crippen molar-refractivity contribution in [3.8, 4) is 0 Å². The molecule has 2 rings (SSSR count). The highest BCUT2D eigenvalue weighted by Gasteiger charge is 2.31. The van der Waals surface area contributed by atoms with E-state index in [-0.39, 0.29) is 30.0 Å². The van der Waals surface area contributed by atoms with Crippen molar-refractivity contribution < 1.29 is 18.0 Å². The smallest absolute Gasteiger partial charge is 0.228 e. The molecule has 1 saturated heterocycles. The monoisotopic (exact) mass is 395 g/mol. The van der Waals surface area contributed by atoms with Gasteiger partial charge in [0.25, 0.3) is 0 Å². The average molecular weight is 396 g/mol. The summed E-state index contributed by atoms with van der Waals surface area (Å²) in [6, 6.07) is 7.36. The predicted molar refractivity (Wildman–Crippen MR) is 106 cm³/mol. The van der Waals surface area contributed by atoms with E-state index in [2.05, 4.69) is 5.32 Å². The predicted octanol–water partition coefficient (Wildman–Crippen LogP) is 2.06. The molecule has 1 N–H and O–H groups in total. The fourth-order valence-electron chi connectivity index (χ4n) is 3.17. The van der Waals surface area contributed by atoms with Crippen molar-refractivity contribution in [3.05, 3.63) is 29.8 Å². The SMILES string of the molecule is CCCS(=O)(=O)N1CCC[C@H](C(=O)Nc2cccc(CN(C)C(C)=O)c2)C1. The molecule has 0 unspecified atom stereocenters. The molecule has 7 nitrogen and oxygen atoms in total. The molecule has 1 heterocycles. The van der Waals surface area contributed by atoms with E-state index in [0.29, 0.717) is 38.0 Å². The van der Waals surface area contributed by atoms with Crippen molar-refractivity contribution in [2.45, 2.75) is 39.7 Å². The second kappa shape index (κ2) is 9.32. The van der Waals surface area contributed by atoms with Crippen LogP contribution >= 0.6 is 0 Å². The van der Waals surface area contributed by atoms with Gasteiger partial charge in [-0.15, -0.1) is 0 Å². The molecular formula is C19H29N3O4S. The largest absolute Gasteiger partial charge is 0.342 e. The Morgan fingerprint density at radius 2 is 2.07 bits per heavy atom. The van der Waals surface area contributed by atoms with Crippen LogP contribution in [0.3, 0.4) is 0 Å². The van der Waals surface area contributed by atoms with Crippen LogP contribution in [0.2, 0.25) is 0 Å². The number of carbonyl (C=O) groups is 2. The van der Waals surface area contributed by atoms with Crippen LogP contribution in [-0.4, -0.2) is 55.3 Å². The van der Waals surface area contributed by atoms with E-state index in [0.717, 1.165) is 5.56 Å². The van der Waals surface area contributed by atoms with Crippen molar-refractivity contribution >= 4 is 27.5 Å². The zero-order valence-corrected chi connectivity index (χ0v) is 17.1. The number of carbonyl (C=O) groups excluding carboxylic acids is 2. The van der Waals surface area contributed by atoms with Gasteiger partial charge in [0.15, 0.2) is 0 Å². The Morgan fingerprint density at radius 3 is 2.74 bits per heavy atom. The number of benzene rings is 1. The first-order valence-corrected chi connectivity index (χ1v) is 10.9. The third-order valence-corrected chi connectivity index (χ3v) is 6.80. The van der Waals surface area contributed by atoms with E-state index in [1.807, 2.05) is 25.1 Å². The van der Waals surface area contributed by atoms with E-state index in [1.165, 1.54) is 11.2 Å². The van der Waals surface area contributed by atoms with Crippen molar-refractivity contribution in [2.75, 3.05) is 31.2 Å². The van der Waals surface area contributed by atoms with Crippen LogP contribution < -0.4 is 5.32 Å². The van der Waals surface area contributed by atoms with Gasteiger partial charge in [0.1, 0.15) is 0 Å². The van der Waals surface area contributed by atoms with Crippen LogP contribution in [0.25, 0.3) is 0 Å². The van der Waals surface area contributed by atoms with E-state index in [1.54, 1.807) is 18.0 Å². The van der Waals surface area contributed by atoms with Gasteiger partial charge < -0.3 is 10.2 Å². The van der Waals surface area contributed by atoms with Gasteiger partial charge in [0.2, 0.25) is 21.8 Å². The van der Waals surface area contributed by atoms with Crippen molar-refractivity contribution in [2.24, 2.45) is 5.92 Å². The summed E-state index contributed by atoms with van der Waals surface area (Å²) in [5.41, 5.74) is 1.57. The standard InChI is InChI=1S/C19H29N3O4S/c1-4-11-27(25,26)22-10-6-8-17(14-22)19(24)20-18-9-5-7-16(12-18)13-21(3)15(2)23/h5,7,9,12,17H,4,6,8,10-11,13-14H2,1-3H3,(H,20,24)/t17-/m0/s1. The van der Waals surface area contributed by atoms with E-state index in [9.17, 15) is 18.0 Å². The number of amides is 2. The molecule has 1 aromatic carbocycles. The molecule has 1 aliphatic rings. The van der Waals surface area contributed by atoms with Gasteiger partial charge in [-0.25, -0.2) is 12.7 Å². The maximum atomic E-state index is 12.6. The zero-order valence-electron chi connectivity index (χ0n) is 16.3. The molecule has 8 heteroatoms. The van der Waals surface area contributed by atoms with Crippen molar-refractivity contribution in [1.29, 1.82) is 0 Å². The number of hydrogen-bond donors (Lipinski definition) is 1. The van der Waals surface area contributed by atoms with Crippen LogP contribution in [-0.2, 0) is 26.2 Å². The number of piperidine rings is 1. The Hall–Kier alpha value is -1.93. The number of hydrogen-bond acceptors (Lipinski definition) is 4. The third kappa shape index (κ3) is 6.04. The minimum absolute atomic E-state index is 0.0278. The molecule has 2 amide bonds. The van der Waals surface area contributed by atoms with Crippen LogP contribution in [0, 0.1) is 5.92 Å². The molecule has 1 fully saturated rings. The highest BCUT2D eigenvalue weighted by atomic mass is 32.2. The lowest BCUT2D eigenvalue weighted by atomic mass is 9.98. The zero-order chi connectivity index (χ0) is 20.0. The average Bonchev–Trinajstić information content (AvgIpc) is 2.62. The summed E-state index contributed by atoms with van der Waals surface area (Å²) in [5.74, 6) is -0.426. The quantitative estimate of drug-likeness (QED) is 0.766. The molecule has 1 atom stereocenters. The molecule has 1 aromatic rings. The lowest BCUT2D eigenvalue weighted by Gasteiger charge is -2.31. The summed E-state index contributed by atoms with van der Waals surface area (Å²) in [4.78, 5) is 25.6. The molecule has 0 spiro atoms. The number of rotatable bonds is 7. The summed E-state index contributed by atoms with van der Waals surface area (Å²) in [6.07, 6.45) is 1.93. The van der Waals surface area contributed by atoms with E-state index >= 15 is 0 Å². The van der Waals surface area contributed by atoms with Crippen LogP contribution in [0.15, 0.2) is 24.3 Å². The minimum Gasteiger partial charge on any atom is -0.342 e. The molecule has 0 saturated carbocycles. The third-order valence-electron chi connectivity index (χ3n) is 4.76. The van der Waals surface area contributed by atoms with Crippen LogP contribution in [0.5, 0.6) is 0 Å². The normalized spacial score (nSPS) is 18.1. The Morgan fingerprint density at radius 1 is 1.33 bits per heavy atom. The molecule has 0 aromatic heterocycles. The van der Waals surface area contributed by atoms with Gasteiger partial charge in [0.05, 0.1) is 11.7 Å². The maximum absolute atomic E-state index is 12.6. The molecule has 27 heavy (non-hydrogen) atoms. The number of nitrogens with one attached hydrogen (secondary N) is 1. The molecule has 0 bridgehead atoms. The molecular weight excluding hydrogens is 366 g/mol. The topological polar surface area (TPSA) is 86.8 Å². The first-order valence-electron chi connectivity index (χ1n) is 9.32. The maximum Gasteiger partial charge on any atom is 0.228 e. The van der Waals surface area contributed by atoms with Crippen LogP contribution in [0.1, 0.15) is 38.7 Å². The van der Waals surface area contributed by atoms with Gasteiger partial charge in [-0.05, 0) is 37.0 Å². The lowest BCUT2D eigenvalue weighted by Crippen LogP contribution is -2.44. The van der Waals surface area contributed by atoms with Crippen LogP contribution in [0.4, 0.5) is 5.69 Å². The summed E-state index contributed by atoms with van der Waals surface area (Å²) in [6.45, 7) is 4.53. The van der Waals surface area contributed by atoms with Gasteiger partial charge in [-0.2, -0.15) is 0 Å². The van der Waals surface area contributed by atoms with Crippen molar-refractivity contribution in [1.82, 2.24) is 9.21 Å². The molecule has 1 aliphatic heterocycles. The van der Waals surface area contributed by atoms with Gasteiger partial charge in [0, 0.05) is 39.3 Å². The fourth-order valence-corrected chi connectivity index (χ4v) is 4.76. The number of sulfonamides is 1. The summed E-state index contributed by atoms with van der Waals surface area (Å²) < 4.78 is 26.0. The molecule has 0 radical (unpaired) electrons. The summed E-state index contributed by atoms with van der Waals surface area (Å²) in [5, 5.41) is 2.89. The Labute approximate surface area is 161 Å². The number of anilines is 1. The second-order valence-electron chi connectivity index (χ2n) is 7.08. The highest BCUT2D eigenvalue weighted by Crippen LogP contribution is 2.22. The Balaban J connectivity index is 2.01. The van der Waals surface area contributed by atoms with Gasteiger partial charge >= 0.3 is 0 Å². The molecule has 0 aliphatic carbocycles. The summed E-state index contributed by atoms with van der Waals surface area (Å²) >= 11 is 0. The van der Waals surface area contributed by atoms with Gasteiger partial charge in [-0.1, -0.05) is 19.1 Å². The number of nitrogens with zero attached hydrogens (tertiary/aromatic N) is 2. The second-order valence-corrected chi connectivity index (χ2v) is 9.17. The van der Waals surface area contributed by atoms with E-state index in [4.69, 9.17) is 0 Å². The first-order chi connectivity index (χ1) is 12.7. The Kier molecular flexibility index (Phi) is 7.38. The minimum atomic E-state index is -3.29. The highest BCUT2D eigenvalue weighted by molar-refractivity contribution is 7.89. The fraction of sp³-hybridized carbons (Fsp3) is 0.579. The molecule has 150 valence electrons.